The standard InChI is InChI=1S/C17H14N2O2/c1-11(20)13-7-8-15-14(9-13)17(18-10-16(21)19-15)12-5-3-2-4-6-12/h2-9H,10H2,1H3,(H,19,21). The Bertz CT molecular complexity index is 749. The zero-order chi connectivity index (χ0) is 14.8. The molecule has 1 amide bonds. The molecule has 0 saturated heterocycles. The fourth-order valence-electron chi connectivity index (χ4n) is 2.34. The van der Waals surface area contributed by atoms with Gasteiger partial charge in [-0.15, -0.1) is 0 Å². The SMILES string of the molecule is CC(=O)c1ccc2c(c1)C(c1ccccc1)=NCC(=O)N2. The van der Waals surface area contributed by atoms with Gasteiger partial charge in [0.25, 0.3) is 0 Å². The van der Waals surface area contributed by atoms with Crippen LogP contribution >= 0.6 is 0 Å². The molecule has 0 saturated carbocycles. The highest BCUT2D eigenvalue weighted by Gasteiger charge is 2.18. The molecule has 0 radical (unpaired) electrons. The third-order valence-corrected chi connectivity index (χ3v) is 3.38. The Morgan fingerprint density at radius 2 is 1.90 bits per heavy atom. The minimum atomic E-state index is -0.155. The van der Waals surface area contributed by atoms with Crippen LogP contribution in [0.15, 0.2) is 53.5 Å². The molecule has 2 aromatic rings. The van der Waals surface area contributed by atoms with E-state index < -0.39 is 0 Å². The molecule has 4 nitrogen and oxygen atoms in total. The normalized spacial score (nSPS) is 13.8. The zero-order valence-corrected chi connectivity index (χ0v) is 11.6. The number of carbonyl (C=O) groups excluding carboxylic acids is 2. The number of hydrogen-bond donors (Lipinski definition) is 1. The Balaban J connectivity index is 2.20. The van der Waals surface area contributed by atoms with Crippen LogP contribution < -0.4 is 5.32 Å². The zero-order valence-electron chi connectivity index (χ0n) is 11.6. The molecule has 0 spiro atoms. The summed E-state index contributed by atoms with van der Waals surface area (Å²) in [6.07, 6.45) is 0. The van der Waals surface area contributed by atoms with E-state index in [1.807, 2.05) is 30.3 Å². The summed E-state index contributed by atoms with van der Waals surface area (Å²) >= 11 is 0. The maximum absolute atomic E-state index is 11.8. The topological polar surface area (TPSA) is 58.5 Å². The van der Waals surface area contributed by atoms with Gasteiger partial charge < -0.3 is 5.32 Å². The van der Waals surface area contributed by atoms with Gasteiger partial charge in [-0.1, -0.05) is 30.3 Å². The largest absolute Gasteiger partial charge is 0.324 e. The lowest BCUT2D eigenvalue weighted by molar-refractivity contribution is -0.114. The molecule has 1 aliphatic heterocycles. The lowest BCUT2D eigenvalue weighted by Gasteiger charge is -2.11. The van der Waals surface area contributed by atoms with Gasteiger partial charge in [0, 0.05) is 16.7 Å². The van der Waals surface area contributed by atoms with Gasteiger partial charge in [0.05, 0.1) is 11.4 Å². The van der Waals surface area contributed by atoms with E-state index in [1.54, 1.807) is 18.2 Å². The molecule has 0 aliphatic carbocycles. The highest BCUT2D eigenvalue weighted by Crippen LogP contribution is 2.24. The number of nitrogens with one attached hydrogen (secondary N) is 1. The second kappa shape index (κ2) is 5.32. The second-order valence-electron chi connectivity index (χ2n) is 4.90. The van der Waals surface area contributed by atoms with Crippen LogP contribution in [-0.4, -0.2) is 23.9 Å². The minimum absolute atomic E-state index is 0.0132. The molecule has 3 rings (SSSR count). The number of amides is 1. The molecule has 1 aliphatic rings. The van der Waals surface area contributed by atoms with Gasteiger partial charge in [-0.05, 0) is 25.1 Å². The van der Waals surface area contributed by atoms with E-state index in [0.29, 0.717) is 11.3 Å². The van der Waals surface area contributed by atoms with Crippen molar-refractivity contribution in [3.63, 3.8) is 0 Å². The summed E-state index contributed by atoms with van der Waals surface area (Å²) in [5.41, 5.74) is 3.72. The third-order valence-electron chi connectivity index (χ3n) is 3.38. The molecule has 104 valence electrons. The summed E-state index contributed by atoms with van der Waals surface area (Å²) < 4.78 is 0. The molecule has 0 unspecified atom stereocenters. The number of fused-ring (bicyclic) bond motifs is 1. The Labute approximate surface area is 122 Å². The predicted octanol–water partition coefficient (Wildman–Crippen LogP) is 2.68. The molecule has 1 heterocycles. The van der Waals surface area contributed by atoms with Crippen molar-refractivity contribution in [2.24, 2.45) is 4.99 Å². The molecule has 1 N–H and O–H groups in total. The number of benzene rings is 2. The van der Waals surface area contributed by atoms with E-state index in [2.05, 4.69) is 10.3 Å². The van der Waals surface area contributed by atoms with Crippen molar-refractivity contribution in [3.05, 3.63) is 65.2 Å². The highest BCUT2D eigenvalue weighted by molar-refractivity contribution is 6.19. The first-order valence-corrected chi connectivity index (χ1v) is 6.70. The van der Waals surface area contributed by atoms with Crippen LogP contribution in [0.2, 0.25) is 0 Å². The smallest absolute Gasteiger partial charge is 0.246 e. The maximum atomic E-state index is 11.8. The number of benzodiazepines with no additional fused rings is 1. The van der Waals surface area contributed by atoms with E-state index in [4.69, 9.17) is 0 Å². The number of Topliss-reactive ketones (excluding diaryl/α,β-unsaturated/α-hetero) is 1. The van der Waals surface area contributed by atoms with E-state index in [0.717, 1.165) is 16.8 Å². The van der Waals surface area contributed by atoms with Crippen molar-refractivity contribution in [3.8, 4) is 0 Å². The highest BCUT2D eigenvalue weighted by atomic mass is 16.2. The van der Waals surface area contributed by atoms with E-state index in [9.17, 15) is 9.59 Å². The average molecular weight is 278 g/mol. The summed E-state index contributed by atoms with van der Waals surface area (Å²) in [6, 6.07) is 14.9. The molecular formula is C17H14N2O2. The lowest BCUT2D eigenvalue weighted by atomic mass is 9.97. The Kier molecular flexibility index (Phi) is 3.36. The number of ketones is 1. The van der Waals surface area contributed by atoms with Gasteiger partial charge >= 0.3 is 0 Å². The minimum Gasteiger partial charge on any atom is -0.324 e. The van der Waals surface area contributed by atoms with E-state index >= 15 is 0 Å². The van der Waals surface area contributed by atoms with Crippen LogP contribution in [0.4, 0.5) is 5.69 Å². The molecule has 2 aromatic carbocycles. The van der Waals surface area contributed by atoms with Crippen LogP contribution in [0.1, 0.15) is 28.4 Å². The van der Waals surface area contributed by atoms with Crippen LogP contribution in [-0.2, 0) is 4.79 Å². The molecule has 0 atom stereocenters. The fraction of sp³-hybridized carbons (Fsp3) is 0.118. The van der Waals surface area contributed by atoms with Crippen molar-refractivity contribution in [2.75, 3.05) is 11.9 Å². The van der Waals surface area contributed by atoms with Crippen molar-refractivity contribution in [1.82, 2.24) is 0 Å². The maximum Gasteiger partial charge on any atom is 0.246 e. The monoisotopic (exact) mass is 278 g/mol. The van der Waals surface area contributed by atoms with E-state index in [-0.39, 0.29) is 18.2 Å². The van der Waals surface area contributed by atoms with Crippen molar-refractivity contribution in [2.45, 2.75) is 6.92 Å². The third kappa shape index (κ3) is 2.60. The first-order chi connectivity index (χ1) is 10.1. The summed E-state index contributed by atoms with van der Waals surface area (Å²) in [7, 11) is 0. The molecule has 0 bridgehead atoms. The molecule has 21 heavy (non-hydrogen) atoms. The van der Waals surface area contributed by atoms with Crippen molar-refractivity contribution >= 4 is 23.1 Å². The Morgan fingerprint density at radius 3 is 2.62 bits per heavy atom. The average Bonchev–Trinajstić information content (AvgIpc) is 2.65. The Hall–Kier alpha value is -2.75. The quantitative estimate of drug-likeness (QED) is 0.859. The summed E-state index contributed by atoms with van der Waals surface area (Å²) in [5.74, 6) is -0.168. The van der Waals surface area contributed by atoms with Crippen LogP contribution in [0.3, 0.4) is 0 Å². The number of carbonyl (C=O) groups is 2. The summed E-state index contributed by atoms with van der Waals surface area (Å²) in [4.78, 5) is 27.8. The van der Waals surface area contributed by atoms with Crippen LogP contribution in [0.5, 0.6) is 0 Å². The van der Waals surface area contributed by atoms with Crippen molar-refractivity contribution < 1.29 is 9.59 Å². The van der Waals surface area contributed by atoms with E-state index in [1.165, 1.54) is 6.92 Å². The lowest BCUT2D eigenvalue weighted by Crippen LogP contribution is -2.13. The molecule has 4 heteroatoms. The molecule has 0 aromatic heterocycles. The number of hydrogen-bond acceptors (Lipinski definition) is 3. The number of anilines is 1. The van der Waals surface area contributed by atoms with Gasteiger partial charge in [0.1, 0.15) is 6.54 Å². The van der Waals surface area contributed by atoms with Gasteiger partial charge in [-0.2, -0.15) is 0 Å². The Morgan fingerprint density at radius 1 is 1.14 bits per heavy atom. The van der Waals surface area contributed by atoms with Gasteiger partial charge in [0.2, 0.25) is 5.91 Å². The predicted molar refractivity (Wildman–Crippen MR) is 82.0 cm³/mol. The first kappa shape index (κ1) is 13.2. The number of rotatable bonds is 2. The van der Waals surface area contributed by atoms with Gasteiger partial charge in [0.15, 0.2) is 5.78 Å². The number of nitrogens with zero attached hydrogens (tertiary/aromatic N) is 1. The summed E-state index contributed by atoms with van der Waals surface area (Å²) in [6.45, 7) is 1.60. The molecular weight excluding hydrogens is 264 g/mol. The molecule has 0 fully saturated rings. The van der Waals surface area contributed by atoms with Gasteiger partial charge in [-0.3, -0.25) is 14.6 Å². The fourth-order valence-corrected chi connectivity index (χ4v) is 2.34. The van der Waals surface area contributed by atoms with Crippen LogP contribution in [0.25, 0.3) is 0 Å². The van der Waals surface area contributed by atoms with Crippen molar-refractivity contribution in [1.29, 1.82) is 0 Å². The summed E-state index contributed by atoms with van der Waals surface area (Å²) in [5, 5.41) is 2.82. The second-order valence-corrected chi connectivity index (χ2v) is 4.90. The van der Waals surface area contributed by atoms with Gasteiger partial charge in [-0.25, -0.2) is 0 Å². The first-order valence-electron chi connectivity index (χ1n) is 6.70. The number of aliphatic imine (C=N–C) groups is 1. The van der Waals surface area contributed by atoms with Crippen LogP contribution in [0, 0.1) is 0 Å².